The molecule has 0 aromatic carbocycles. The third kappa shape index (κ3) is 3.25. The van der Waals surface area contributed by atoms with Crippen molar-refractivity contribution in [3.05, 3.63) is 29.8 Å². The Morgan fingerprint density at radius 2 is 2.05 bits per heavy atom. The minimum absolute atomic E-state index is 0.00956. The Hall–Kier alpha value is -1.58. The van der Waals surface area contributed by atoms with Gasteiger partial charge in [-0.05, 0) is 18.5 Å². The lowest BCUT2D eigenvalue weighted by atomic mass is 10.6. The monoisotopic (exact) mass is 302 g/mol. The predicted octanol–water partition coefficient (Wildman–Crippen LogP) is 0.220. The number of halogens is 1. The highest BCUT2D eigenvalue weighted by atomic mass is 35.5. The minimum atomic E-state index is -3.69. The standard InChI is InChI=1S/C9H11ClN6O2S/c1-2-16-6-13-15-8(16)5-14-19(17,18)7-3-11-9(10)12-4-7/h3-4,6,14H,2,5H2,1H3. The van der Waals surface area contributed by atoms with Crippen LogP contribution in [0.1, 0.15) is 12.7 Å². The van der Waals surface area contributed by atoms with Crippen molar-refractivity contribution in [2.45, 2.75) is 24.9 Å². The van der Waals surface area contributed by atoms with E-state index in [9.17, 15) is 8.42 Å². The maximum Gasteiger partial charge on any atom is 0.244 e. The Morgan fingerprint density at radius 3 is 2.68 bits per heavy atom. The largest absolute Gasteiger partial charge is 0.317 e. The SMILES string of the molecule is CCn1cnnc1CNS(=O)(=O)c1cnc(Cl)nc1. The Kier molecular flexibility index (Phi) is 4.08. The van der Waals surface area contributed by atoms with E-state index in [4.69, 9.17) is 11.6 Å². The van der Waals surface area contributed by atoms with Crippen molar-refractivity contribution >= 4 is 21.6 Å². The van der Waals surface area contributed by atoms with Crippen molar-refractivity contribution in [1.29, 1.82) is 0 Å². The normalized spacial score (nSPS) is 11.7. The van der Waals surface area contributed by atoms with Crippen molar-refractivity contribution in [3.8, 4) is 0 Å². The highest BCUT2D eigenvalue weighted by Gasteiger charge is 2.16. The van der Waals surface area contributed by atoms with Crippen molar-refractivity contribution in [3.63, 3.8) is 0 Å². The molecule has 0 saturated heterocycles. The number of nitrogens with zero attached hydrogens (tertiary/aromatic N) is 5. The first-order chi connectivity index (χ1) is 9.03. The van der Waals surface area contributed by atoms with Crippen LogP contribution in [0.3, 0.4) is 0 Å². The van der Waals surface area contributed by atoms with E-state index in [-0.39, 0.29) is 16.7 Å². The number of aryl methyl sites for hydroxylation is 1. The Bertz CT molecular complexity index is 654. The van der Waals surface area contributed by atoms with E-state index >= 15 is 0 Å². The van der Waals surface area contributed by atoms with E-state index in [0.717, 1.165) is 12.4 Å². The summed E-state index contributed by atoms with van der Waals surface area (Å²) in [4.78, 5) is 7.20. The van der Waals surface area contributed by atoms with Gasteiger partial charge in [0, 0.05) is 6.54 Å². The molecule has 0 spiro atoms. The Morgan fingerprint density at radius 1 is 1.37 bits per heavy atom. The number of rotatable bonds is 5. The zero-order chi connectivity index (χ0) is 13.9. The van der Waals surface area contributed by atoms with Crippen molar-refractivity contribution < 1.29 is 8.42 Å². The van der Waals surface area contributed by atoms with Crippen LogP contribution in [-0.4, -0.2) is 33.2 Å². The molecule has 10 heteroatoms. The van der Waals surface area contributed by atoms with E-state index in [1.54, 1.807) is 4.57 Å². The van der Waals surface area contributed by atoms with E-state index in [0.29, 0.717) is 12.4 Å². The fourth-order valence-electron chi connectivity index (χ4n) is 1.36. The summed E-state index contributed by atoms with van der Waals surface area (Å²) in [5.41, 5.74) is 0. The molecule has 2 aromatic heterocycles. The molecule has 0 bridgehead atoms. The van der Waals surface area contributed by atoms with Crippen LogP contribution in [0.5, 0.6) is 0 Å². The average molecular weight is 303 g/mol. The first-order valence-corrected chi connectivity index (χ1v) is 7.23. The highest BCUT2D eigenvalue weighted by Crippen LogP contribution is 2.08. The van der Waals surface area contributed by atoms with Crippen LogP contribution < -0.4 is 4.72 Å². The quantitative estimate of drug-likeness (QED) is 0.793. The summed E-state index contributed by atoms with van der Waals surface area (Å²) in [5.74, 6) is 0.529. The van der Waals surface area contributed by atoms with Gasteiger partial charge >= 0.3 is 0 Å². The molecule has 19 heavy (non-hydrogen) atoms. The first kappa shape index (κ1) is 13.8. The Labute approximate surface area is 114 Å². The van der Waals surface area contributed by atoms with Gasteiger partial charge in [-0.1, -0.05) is 0 Å². The first-order valence-electron chi connectivity index (χ1n) is 5.37. The number of sulfonamides is 1. The van der Waals surface area contributed by atoms with Gasteiger partial charge in [-0.3, -0.25) is 0 Å². The molecule has 0 saturated carbocycles. The lowest BCUT2D eigenvalue weighted by molar-refractivity contribution is 0.574. The maximum atomic E-state index is 11.9. The summed E-state index contributed by atoms with van der Waals surface area (Å²) in [6.07, 6.45) is 3.82. The molecule has 0 amide bonds. The molecule has 2 rings (SSSR count). The fourth-order valence-corrected chi connectivity index (χ4v) is 2.33. The van der Waals surface area contributed by atoms with E-state index in [2.05, 4.69) is 24.9 Å². The number of hydrogen-bond acceptors (Lipinski definition) is 6. The van der Waals surface area contributed by atoms with Crippen LogP contribution in [0.25, 0.3) is 0 Å². The second-order valence-corrected chi connectivity index (χ2v) is 5.65. The maximum absolute atomic E-state index is 11.9. The molecule has 0 fully saturated rings. The van der Waals surface area contributed by atoms with Crippen molar-refractivity contribution in [1.82, 2.24) is 29.5 Å². The van der Waals surface area contributed by atoms with Gasteiger partial charge < -0.3 is 4.57 Å². The molecule has 0 aliphatic carbocycles. The summed E-state index contributed by atoms with van der Waals surface area (Å²) in [6.45, 7) is 2.61. The lowest BCUT2D eigenvalue weighted by Gasteiger charge is -2.06. The topological polar surface area (TPSA) is 103 Å². The number of nitrogens with one attached hydrogen (secondary N) is 1. The van der Waals surface area contributed by atoms with Crippen LogP contribution in [0.15, 0.2) is 23.6 Å². The third-order valence-electron chi connectivity index (χ3n) is 2.36. The van der Waals surface area contributed by atoms with E-state index < -0.39 is 10.0 Å². The van der Waals surface area contributed by atoms with Gasteiger partial charge in [-0.25, -0.2) is 23.1 Å². The number of aromatic nitrogens is 5. The van der Waals surface area contributed by atoms with Gasteiger partial charge in [0.25, 0.3) is 0 Å². The number of hydrogen-bond donors (Lipinski definition) is 1. The molecule has 1 N–H and O–H groups in total. The summed E-state index contributed by atoms with van der Waals surface area (Å²) < 4.78 is 28.0. The average Bonchev–Trinajstić information content (AvgIpc) is 2.84. The molecule has 0 aliphatic rings. The van der Waals surface area contributed by atoms with Gasteiger partial charge in [0.1, 0.15) is 17.0 Å². The Balaban J connectivity index is 2.12. The molecule has 8 nitrogen and oxygen atoms in total. The van der Waals surface area contributed by atoms with Crippen molar-refractivity contribution in [2.75, 3.05) is 0 Å². The smallest absolute Gasteiger partial charge is 0.244 e. The lowest BCUT2D eigenvalue weighted by Crippen LogP contribution is -2.25. The second-order valence-electron chi connectivity index (χ2n) is 3.55. The molecular weight excluding hydrogens is 292 g/mol. The van der Waals surface area contributed by atoms with E-state index in [1.807, 2.05) is 6.92 Å². The molecule has 0 radical (unpaired) electrons. The minimum Gasteiger partial charge on any atom is -0.317 e. The van der Waals surface area contributed by atoms with Gasteiger partial charge in [0.2, 0.25) is 15.3 Å². The highest BCUT2D eigenvalue weighted by molar-refractivity contribution is 7.89. The van der Waals surface area contributed by atoms with Crippen LogP contribution >= 0.6 is 11.6 Å². The predicted molar refractivity (Wildman–Crippen MR) is 66.8 cm³/mol. The van der Waals surface area contributed by atoms with Gasteiger partial charge in [0.15, 0.2) is 0 Å². The molecule has 2 heterocycles. The van der Waals surface area contributed by atoms with Crippen LogP contribution in [0.2, 0.25) is 5.28 Å². The summed E-state index contributed by atoms with van der Waals surface area (Å²) in [7, 11) is -3.69. The van der Waals surface area contributed by atoms with Crippen LogP contribution in [0, 0.1) is 0 Å². The van der Waals surface area contributed by atoms with Gasteiger partial charge in [-0.15, -0.1) is 10.2 Å². The van der Waals surface area contributed by atoms with E-state index in [1.165, 1.54) is 6.33 Å². The van der Waals surface area contributed by atoms with Gasteiger partial charge in [0.05, 0.1) is 18.9 Å². The third-order valence-corrected chi connectivity index (χ3v) is 3.91. The summed E-state index contributed by atoms with van der Waals surface area (Å²) in [6, 6.07) is 0. The molecule has 0 aliphatic heterocycles. The van der Waals surface area contributed by atoms with Gasteiger partial charge in [-0.2, -0.15) is 0 Å². The fraction of sp³-hybridized carbons (Fsp3) is 0.333. The zero-order valence-corrected chi connectivity index (χ0v) is 11.6. The molecule has 2 aromatic rings. The van der Waals surface area contributed by atoms with Crippen LogP contribution in [-0.2, 0) is 23.1 Å². The van der Waals surface area contributed by atoms with Crippen molar-refractivity contribution in [2.24, 2.45) is 0 Å². The molecule has 102 valence electrons. The molecule has 0 unspecified atom stereocenters. The second kappa shape index (κ2) is 5.59. The zero-order valence-electron chi connectivity index (χ0n) is 9.99. The summed E-state index contributed by atoms with van der Waals surface area (Å²) >= 11 is 5.50. The molecule has 0 atom stereocenters. The van der Waals surface area contributed by atoms with Crippen LogP contribution in [0.4, 0.5) is 0 Å². The molecular formula is C9H11ClN6O2S. The summed E-state index contributed by atoms with van der Waals surface area (Å²) in [5, 5.41) is 7.54.